The number of hydrogen-bond acceptors (Lipinski definition) is 4. The molecule has 5 heteroatoms. The summed E-state index contributed by atoms with van der Waals surface area (Å²) >= 11 is 0. The molecule has 0 amide bonds. The second-order valence-electron chi connectivity index (χ2n) is 8.68. The van der Waals surface area contributed by atoms with E-state index in [1.165, 1.54) is 0 Å². The normalized spacial score (nSPS) is 11.5. The van der Waals surface area contributed by atoms with Crippen molar-refractivity contribution in [2.45, 2.75) is 39.7 Å². The minimum absolute atomic E-state index is 0.0809. The second-order valence-corrected chi connectivity index (χ2v) is 8.68. The fourth-order valence-electron chi connectivity index (χ4n) is 3.61. The van der Waals surface area contributed by atoms with Crippen molar-refractivity contribution in [3.8, 4) is 11.1 Å². The Morgan fingerprint density at radius 2 is 1.66 bits per heavy atom. The highest BCUT2D eigenvalue weighted by molar-refractivity contribution is 6.08. The van der Waals surface area contributed by atoms with Gasteiger partial charge in [0.05, 0.1) is 17.0 Å². The SMILES string of the molecule is CCc1cn2c(C(=O)c3ccc(-c4ccccc4C(=O)OC(C)(C)C)cc3)cccc2n1. The molecule has 0 N–H and O–H groups in total. The minimum atomic E-state index is -0.577. The largest absolute Gasteiger partial charge is 0.456 e. The molecule has 2 heterocycles. The summed E-state index contributed by atoms with van der Waals surface area (Å²) in [5.41, 5.74) is 4.38. The molecule has 162 valence electrons. The zero-order valence-corrected chi connectivity index (χ0v) is 18.8. The molecule has 0 aliphatic heterocycles. The van der Waals surface area contributed by atoms with Crippen LogP contribution in [0.15, 0.2) is 72.9 Å². The first kappa shape index (κ1) is 21.5. The average molecular weight is 427 g/mol. The number of imidazole rings is 1. The number of hydrogen-bond donors (Lipinski definition) is 0. The van der Waals surface area contributed by atoms with Crippen molar-refractivity contribution in [2.24, 2.45) is 0 Å². The molecule has 32 heavy (non-hydrogen) atoms. The molecule has 0 fully saturated rings. The van der Waals surface area contributed by atoms with E-state index in [2.05, 4.69) is 4.98 Å². The summed E-state index contributed by atoms with van der Waals surface area (Å²) < 4.78 is 7.40. The van der Waals surface area contributed by atoms with Gasteiger partial charge in [-0.15, -0.1) is 0 Å². The number of aryl methyl sites for hydroxylation is 1. The first-order valence-electron chi connectivity index (χ1n) is 10.7. The third-order valence-corrected chi connectivity index (χ3v) is 5.14. The van der Waals surface area contributed by atoms with Crippen molar-refractivity contribution < 1.29 is 14.3 Å². The lowest BCUT2D eigenvalue weighted by molar-refractivity contribution is 0.00703. The van der Waals surface area contributed by atoms with Crippen LogP contribution in [-0.4, -0.2) is 26.7 Å². The van der Waals surface area contributed by atoms with Crippen molar-refractivity contribution in [1.29, 1.82) is 0 Å². The number of ketones is 1. The Morgan fingerprint density at radius 1 is 0.938 bits per heavy atom. The number of fused-ring (bicyclic) bond motifs is 1. The zero-order chi connectivity index (χ0) is 22.9. The van der Waals surface area contributed by atoms with Crippen molar-refractivity contribution in [3.63, 3.8) is 0 Å². The lowest BCUT2D eigenvalue weighted by Gasteiger charge is -2.20. The fraction of sp³-hybridized carbons (Fsp3) is 0.222. The number of nitrogens with zero attached hydrogens (tertiary/aromatic N) is 2. The Morgan fingerprint density at radius 3 is 2.34 bits per heavy atom. The summed E-state index contributed by atoms with van der Waals surface area (Å²) in [4.78, 5) is 30.4. The molecule has 0 saturated heterocycles. The van der Waals surface area contributed by atoms with Crippen molar-refractivity contribution >= 4 is 17.4 Å². The molecule has 0 aliphatic rings. The molecule has 0 saturated carbocycles. The van der Waals surface area contributed by atoms with Gasteiger partial charge in [-0.05, 0) is 56.5 Å². The Labute approximate surface area is 187 Å². The van der Waals surface area contributed by atoms with Gasteiger partial charge in [0, 0.05) is 11.8 Å². The number of carbonyl (C=O) groups excluding carboxylic acids is 2. The maximum Gasteiger partial charge on any atom is 0.339 e. The summed E-state index contributed by atoms with van der Waals surface area (Å²) in [7, 11) is 0. The summed E-state index contributed by atoms with van der Waals surface area (Å²) in [6, 6.07) is 20.2. The number of aromatic nitrogens is 2. The van der Waals surface area contributed by atoms with Crippen molar-refractivity contribution in [3.05, 3.63) is 95.4 Å². The standard InChI is InChI=1S/C27H26N2O3/c1-5-20-17-29-23(11-8-12-24(29)28-20)25(30)19-15-13-18(14-16-19)21-9-6-7-10-22(21)26(31)32-27(2,3)4/h6-17H,5H2,1-4H3. The first-order chi connectivity index (χ1) is 15.3. The molecule has 0 spiro atoms. The molecule has 0 atom stereocenters. The van der Waals surface area contributed by atoms with Crippen LogP contribution >= 0.6 is 0 Å². The quantitative estimate of drug-likeness (QED) is 0.301. The van der Waals surface area contributed by atoms with Gasteiger partial charge in [0.2, 0.25) is 5.78 Å². The van der Waals surface area contributed by atoms with Crippen molar-refractivity contribution in [2.75, 3.05) is 0 Å². The van der Waals surface area contributed by atoms with Crippen molar-refractivity contribution in [1.82, 2.24) is 9.38 Å². The van der Waals surface area contributed by atoms with Crippen LogP contribution in [0.3, 0.4) is 0 Å². The van der Waals surface area contributed by atoms with Gasteiger partial charge in [-0.3, -0.25) is 9.20 Å². The zero-order valence-electron chi connectivity index (χ0n) is 18.8. The van der Waals surface area contributed by atoms with Gasteiger partial charge in [-0.2, -0.15) is 0 Å². The minimum Gasteiger partial charge on any atom is -0.456 e. The van der Waals surface area contributed by atoms with Gasteiger partial charge >= 0.3 is 5.97 Å². The van der Waals surface area contributed by atoms with Gasteiger partial charge in [0.25, 0.3) is 0 Å². The van der Waals surface area contributed by atoms with Crippen LogP contribution < -0.4 is 0 Å². The molecule has 5 nitrogen and oxygen atoms in total. The molecular weight excluding hydrogens is 400 g/mol. The first-order valence-corrected chi connectivity index (χ1v) is 10.7. The molecule has 0 unspecified atom stereocenters. The van der Waals surface area contributed by atoms with Gasteiger partial charge in [0.15, 0.2) is 0 Å². The third kappa shape index (κ3) is 4.33. The lowest BCUT2D eigenvalue weighted by atomic mass is 9.97. The van der Waals surface area contributed by atoms with E-state index in [1.807, 2.05) is 86.8 Å². The summed E-state index contributed by atoms with van der Waals surface area (Å²) in [5, 5.41) is 0. The van der Waals surface area contributed by atoms with Crippen LogP contribution in [-0.2, 0) is 11.2 Å². The Balaban J connectivity index is 1.66. The maximum absolute atomic E-state index is 13.2. The highest BCUT2D eigenvalue weighted by Crippen LogP contribution is 2.26. The van der Waals surface area contributed by atoms with E-state index in [-0.39, 0.29) is 11.8 Å². The molecule has 0 aliphatic carbocycles. The van der Waals surface area contributed by atoms with E-state index in [0.717, 1.165) is 28.9 Å². The Kier molecular flexibility index (Phi) is 5.66. The molecule has 0 radical (unpaired) electrons. The number of benzene rings is 2. The van der Waals surface area contributed by atoms with Gasteiger partial charge in [-0.1, -0.05) is 55.5 Å². The van der Waals surface area contributed by atoms with Crippen LogP contribution in [0.2, 0.25) is 0 Å². The Hall–Kier alpha value is -3.73. The molecule has 2 aromatic heterocycles. The average Bonchev–Trinajstić information content (AvgIpc) is 3.21. The number of ether oxygens (including phenoxy) is 1. The fourth-order valence-corrected chi connectivity index (χ4v) is 3.61. The smallest absolute Gasteiger partial charge is 0.339 e. The van der Waals surface area contributed by atoms with Crippen LogP contribution in [0.5, 0.6) is 0 Å². The van der Waals surface area contributed by atoms with E-state index in [1.54, 1.807) is 18.2 Å². The summed E-state index contributed by atoms with van der Waals surface area (Å²) in [6.45, 7) is 7.58. The lowest BCUT2D eigenvalue weighted by Crippen LogP contribution is -2.24. The number of pyridine rings is 1. The highest BCUT2D eigenvalue weighted by atomic mass is 16.6. The van der Waals surface area contributed by atoms with Gasteiger partial charge in [0.1, 0.15) is 11.2 Å². The summed E-state index contributed by atoms with van der Waals surface area (Å²) in [6.07, 6.45) is 2.72. The van der Waals surface area contributed by atoms with E-state index < -0.39 is 5.60 Å². The second kappa shape index (κ2) is 8.42. The monoisotopic (exact) mass is 426 g/mol. The van der Waals surface area contributed by atoms with E-state index in [0.29, 0.717) is 16.8 Å². The topological polar surface area (TPSA) is 60.7 Å². The molecule has 4 rings (SSSR count). The van der Waals surface area contributed by atoms with Crippen LogP contribution in [0, 0.1) is 0 Å². The van der Waals surface area contributed by atoms with Gasteiger partial charge in [-0.25, -0.2) is 9.78 Å². The Bertz CT molecular complexity index is 1290. The molecular formula is C27H26N2O3. The number of esters is 1. The number of carbonyl (C=O) groups is 2. The maximum atomic E-state index is 13.2. The van der Waals surface area contributed by atoms with Crippen LogP contribution in [0.4, 0.5) is 0 Å². The predicted octanol–water partition coefficient (Wildman–Crippen LogP) is 5.75. The van der Waals surface area contributed by atoms with E-state index in [4.69, 9.17) is 4.74 Å². The van der Waals surface area contributed by atoms with Gasteiger partial charge < -0.3 is 4.74 Å². The highest BCUT2D eigenvalue weighted by Gasteiger charge is 2.21. The van der Waals surface area contributed by atoms with E-state index in [9.17, 15) is 9.59 Å². The summed E-state index contributed by atoms with van der Waals surface area (Å²) in [5.74, 6) is -0.450. The molecule has 4 aromatic rings. The molecule has 2 aromatic carbocycles. The number of rotatable bonds is 5. The van der Waals surface area contributed by atoms with Crippen LogP contribution in [0.25, 0.3) is 16.8 Å². The predicted molar refractivity (Wildman–Crippen MR) is 125 cm³/mol. The molecule has 0 bridgehead atoms. The van der Waals surface area contributed by atoms with E-state index >= 15 is 0 Å². The van der Waals surface area contributed by atoms with Crippen LogP contribution in [0.1, 0.15) is 59.8 Å². The third-order valence-electron chi connectivity index (χ3n) is 5.14.